The van der Waals surface area contributed by atoms with Crippen molar-refractivity contribution in [2.75, 3.05) is 11.9 Å². The van der Waals surface area contributed by atoms with Crippen LogP contribution in [0.5, 0.6) is 5.75 Å². The van der Waals surface area contributed by atoms with Crippen molar-refractivity contribution in [3.63, 3.8) is 0 Å². The van der Waals surface area contributed by atoms with Gasteiger partial charge in [-0.2, -0.15) is 5.10 Å². The molecule has 0 saturated carbocycles. The largest absolute Gasteiger partial charge is 0.487 e. The lowest BCUT2D eigenvalue weighted by Gasteiger charge is -2.11. The molecule has 0 spiro atoms. The Bertz CT molecular complexity index is 957. The second-order valence-electron chi connectivity index (χ2n) is 6.10. The third-order valence-corrected chi connectivity index (χ3v) is 5.48. The molecule has 0 aliphatic heterocycles. The van der Waals surface area contributed by atoms with Gasteiger partial charge < -0.3 is 10.1 Å². The van der Waals surface area contributed by atoms with Crippen LogP contribution in [0.25, 0.3) is 0 Å². The van der Waals surface area contributed by atoms with Crippen LogP contribution < -0.4 is 15.5 Å². The van der Waals surface area contributed by atoms with Crippen LogP contribution in [0.3, 0.4) is 0 Å². The first kappa shape index (κ1) is 21.6. The van der Waals surface area contributed by atoms with Crippen molar-refractivity contribution < 1.29 is 9.53 Å². The number of nitrogens with zero attached hydrogens (tertiary/aromatic N) is 1. The number of halogens is 2. The number of hydrogen-bond donors (Lipinski definition) is 2. The van der Waals surface area contributed by atoms with E-state index >= 15 is 0 Å². The van der Waals surface area contributed by atoms with E-state index in [0.717, 1.165) is 29.7 Å². The Morgan fingerprint density at radius 3 is 2.24 bits per heavy atom. The summed E-state index contributed by atoms with van der Waals surface area (Å²) in [6, 6.07) is 23.6. The van der Waals surface area contributed by atoms with Crippen molar-refractivity contribution in [3.8, 4) is 5.75 Å². The van der Waals surface area contributed by atoms with E-state index in [2.05, 4.69) is 61.0 Å². The number of nitrogens with one attached hydrogen (secondary N) is 2. The second kappa shape index (κ2) is 11.1. The molecule has 0 aromatic heterocycles. The maximum atomic E-state index is 11.9. The Labute approximate surface area is 197 Å². The highest BCUT2D eigenvalue weighted by Crippen LogP contribution is 2.29. The Kier molecular flexibility index (Phi) is 8.29. The second-order valence-corrected chi connectivity index (χ2v) is 8.43. The van der Waals surface area contributed by atoms with Gasteiger partial charge in [0.1, 0.15) is 12.4 Å². The highest BCUT2D eigenvalue weighted by molar-refractivity contribution is 14.1. The summed E-state index contributed by atoms with van der Waals surface area (Å²) < 4.78 is 7.97. The highest BCUT2D eigenvalue weighted by Gasteiger charge is 2.09. The summed E-state index contributed by atoms with van der Waals surface area (Å²) in [7, 11) is 0. The molecule has 0 saturated heterocycles. The van der Waals surface area contributed by atoms with Crippen molar-refractivity contribution >= 4 is 63.0 Å². The molecule has 0 atom stereocenters. The predicted molar refractivity (Wildman–Crippen MR) is 133 cm³/mol. The number of anilines is 1. The van der Waals surface area contributed by atoms with Gasteiger partial charge in [0.05, 0.1) is 19.9 Å². The van der Waals surface area contributed by atoms with Gasteiger partial charge in [-0.15, -0.1) is 0 Å². The number of rotatable bonds is 8. The lowest BCUT2D eigenvalue weighted by Crippen LogP contribution is -2.25. The zero-order valence-electron chi connectivity index (χ0n) is 15.4. The molecule has 29 heavy (non-hydrogen) atoms. The van der Waals surface area contributed by atoms with E-state index in [0.29, 0.717) is 6.61 Å². The fourth-order valence-electron chi connectivity index (χ4n) is 2.48. The number of amides is 1. The standard InChI is InChI=1S/C22H19I2N3O2/c23-19-11-17(12-20(24)22(19)29-15-16-7-3-1-4-8-16)13-26-27-21(28)14-25-18-9-5-2-6-10-18/h1-13,25H,14-15H2,(H,27,28)/b26-13-. The van der Waals surface area contributed by atoms with Gasteiger partial charge in [-0.1, -0.05) is 48.5 Å². The maximum Gasteiger partial charge on any atom is 0.259 e. The number of carbonyl (C=O) groups is 1. The van der Waals surface area contributed by atoms with Gasteiger partial charge in [-0.25, -0.2) is 5.43 Å². The molecule has 3 aromatic rings. The van der Waals surface area contributed by atoms with Crippen LogP contribution in [0.2, 0.25) is 0 Å². The van der Waals surface area contributed by atoms with Crippen LogP contribution in [0.1, 0.15) is 11.1 Å². The predicted octanol–water partition coefficient (Wildman–Crippen LogP) is 5.04. The Hall–Kier alpha value is -2.14. The maximum absolute atomic E-state index is 11.9. The minimum atomic E-state index is -0.211. The first-order chi connectivity index (χ1) is 14.1. The van der Waals surface area contributed by atoms with Gasteiger partial charge in [-0.3, -0.25) is 4.79 Å². The number of carbonyl (C=O) groups excluding carboxylic acids is 1. The molecule has 148 valence electrons. The van der Waals surface area contributed by atoms with E-state index in [1.807, 2.05) is 72.8 Å². The van der Waals surface area contributed by atoms with Gasteiger partial charge in [0.25, 0.3) is 5.91 Å². The number of ether oxygens (including phenoxy) is 1. The van der Waals surface area contributed by atoms with Crippen LogP contribution in [0.15, 0.2) is 77.9 Å². The normalized spacial score (nSPS) is 10.7. The Morgan fingerprint density at radius 2 is 1.59 bits per heavy atom. The first-order valence-corrected chi connectivity index (χ1v) is 11.0. The van der Waals surface area contributed by atoms with Crippen molar-refractivity contribution in [1.82, 2.24) is 5.43 Å². The van der Waals surface area contributed by atoms with Crippen LogP contribution in [-0.4, -0.2) is 18.7 Å². The van der Waals surface area contributed by atoms with Crippen molar-refractivity contribution in [1.29, 1.82) is 0 Å². The van der Waals surface area contributed by atoms with E-state index in [9.17, 15) is 4.79 Å². The summed E-state index contributed by atoms with van der Waals surface area (Å²) in [5.41, 5.74) is 5.44. The third-order valence-electron chi connectivity index (χ3n) is 3.88. The van der Waals surface area contributed by atoms with E-state index in [4.69, 9.17) is 4.74 Å². The number of benzene rings is 3. The minimum absolute atomic E-state index is 0.155. The Morgan fingerprint density at radius 1 is 0.966 bits per heavy atom. The number of hydrogen-bond acceptors (Lipinski definition) is 4. The molecule has 0 aliphatic carbocycles. The topological polar surface area (TPSA) is 62.7 Å². The van der Waals surface area contributed by atoms with Crippen molar-refractivity contribution in [3.05, 3.63) is 91.1 Å². The molecule has 0 bridgehead atoms. The third kappa shape index (κ3) is 7.00. The quantitative estimate of drug-likeness (QED) is 0.214. The monoisotopic (exact) mass is 611 g/mol. The molecule has 0 aliphatic rings. The zero-order valence-corrected chi connectivity index (χ0v) is 19.8. The fourth-order valence-corrected chi connectivity index (χ4v) is 4.61. The van der Waals surface area contributed by atoms with E-state index in [1.165, 1.54) is 0 Å². The van der Waals surface area contributed by atoms with Crippen LogP contribution >= 0.6 is 45.2 Å². The molecular weight excluding hydrogens is 592 g/mol. The molecule has 0 radical (unpaired) electrons. The molecule has 5 nitrogen and oxygen atoms in total. The zero-order chi connectivity index (χ0) is 20.5. The van der Waals surface area contributed by atoms with Gasteiger partial charge in [-0.05, 0) is 80.6 Å². The lowest BCUT2D eigenvalue weighted by molar-refractivity contribution is -0.119. The van der Waals surface area contributed by atoms with Gasteiger partial charge >= 0.3 is 0 Å². The van der Waals surface area contributed by atoms with Gasteiger partial charge in [0.2, 0.25) is 0 Å². The van der Waals surface area contributed by atoms with Gasteiger partial charge in [0.15, 0.2) is 0 Å². The highest BCUT2D eigenvalue weighted by atomic mass is 127. The SMILES string of the molecule is O=C(CNc1ccccc1)N/N=C\c1cc(I)c(OCc2ccccc2)c(I)c1. The van der Waals surface area contributed by atoms with Gasteiger partial charge in [0, 0.05) is 5.69 Å². The number of hydrazone groups is 1. The average molecular weight is 611 g/mol. The molecule has 3 aromatic carbocycles. The molecule has 3 rings (SSSR count). The molecule has 2 N–H and O–H groups in total. The summed E-state index contributed by atoms with van der Waals surface area (Å²) in [6.45, 7) is 0.674. The molecule has 0 heterocycles. The molecule has 0 unspecified atom stereocenters. The summed E-state index contributed by atoms with van der Waals surface area (Å²) in [4.78, 5) is 11.9. The minimum Gasteiger partial charge on any atom is -0.487 e. The lowest BCUT2D eigenvalue weighted by atomic mass is 10.2. The summed E-state index contributed by atoms with van der Waals surface area (Å²) in [5.74, 6) is 0.639. The smallest absolute Gasteiger partial charge is 0.259 e. The van der Waals surface area contributed by atoms with Crippen molar-refractivity contribution in [2.24, 2.45) is 5.10 Å². The summed E-state index contributed by atoms with van der Waals surface area (Å²) in [6.07, 6.45) is 1.63. The van der Waals surface area contributed by atoms with Crippen molar-refractivity contribution in [2.45, 2.75) is 6.61 Å². The molecule has 0 fully saturated rings. The summed E-state index contributed by atoms with van der Waals surface area (Å²) in [5, 5.41) is 7.09. The Balaban J connectivity index is 1.53. The van der Waals surface area contributed by atoms with E-state index in [-0.39, 0.29) is 12.5 Å². The van der Waals surface area contributed by atoms with E-state index < -0.39 is 0 Å². The first-order valence-electron chi connectivity index (χ1n) is 8.88. The molecule has 1 amide bonds. The van der Waals surface area contributed by atoms with Crippen LogP contribution in [0.4, 0.5) is 5.69 Å². The average Bonchev–Trinajstić information content (AvgIpc) is 2.73. The molecular formula is C22H19I2N3O2. The van der Waals surface area contributed by atoms with E-state index in [1.54, 1.807) is 6.21 Å². The fraction of sp³-hybridized carbons (Fsp3) is 0.0909. The number of para-hydroxylation sites is 1. The van der Waals surface area contributed by atoms with Crippen LogP contribution in [-0.2, 0) is 11.4 Å². The summed E-state index contributed by atoms with van der Waals surface area (Å²) >= 11 is 4.50. The molecule has 7 heteroatoms. The van der Waals surface area contributed by atoms with Crippen LogP contribution in [0, 0.1) is 7.14 Å².